The molecule has 0 aliphatic heterocycles. The van der Waals surface area contributed by atoms with Crippen LogP contribution in [0.1, 0.15) is 28.3 Å². The highest BCUT2D eigenvalue weighted by Crippen LogP contribution is 2.27. The molecule has 0 radical (unpaired) electrons. The first-order chi connectivity index (χ1) is 7.20. The molecule has 2 rings (SSSR count). The van der Waals surface area contributed by atoms with Crippen molar-refractivity contribution in [2.24, 2.45) is 0 Å². The maximum Gasteiger partial charge on any atom is 0.116 e. The fraction of sp³-hybridized carbons (Fsp3) is 0.364. The molecule has 0 bridgehead atoms. The van der Waals surface area contributed by atoms with Crippen molar-refractivity contribution in [1.82, 2.24) is 9.78 Å². The van der Waals surface area contributed by atoms with Crippen molar-refractivity contribution in [1.29, 1.82) is 0 Å². The first-order valence-corrected chi connectivity index (χ1v) is 5.79. The molecule has 1 N–H and O–H groups in total. The van der Waals surface area contributed by atoms with Gasteiger partial charge in [0.05, 0.1) is 6.20 Å². The molecule has 80 valence electrons. The number of thiophene rings is 1. The summed E-state index contributed by atoms with van der Waals surface area (Å²) in [4.78, 5) is 2.19. The van der Waals surface area contributed by atoms with Gasteiger partial charge in [-0.1, -0.05) is 0 Å². The Hall–Kier alpha value is -1.13. The SMILES string of the molecule is CCn1cc(C(O)c2ccc(C)s2)cn1. The van der Waals surface area contributed by atoms with Crippen LogP contribution in [0.2, 0.25) is 0 Å². The van der Waals surface area contributed by atoms with Gasteiger partial charge in [0.1, 0.15) is 6.10 Å². The van der Waals surface area contributed by atoms with E-state index < -0.39 is 6.10 Å². The van der Waals surface area contributed by atoms with Gasteiger partial charge in [0.2, 0.25) is 0 Å². The van der Waals surface area contributed by atoms with Crippen LogP contribution in [0.3, 0.4) is 0 Å². The summed E-state index contributed by atoms with van der Waals surface area (Å²) in [5.41, 5.74) is 0.860. The van der Waals surface area contributed by atoms with Gasteiger partial charge in [0.25, 0.3) is 0 Å². The largest absolute Gasteiger partial charge is 0.383 e. The van der Waals surface area contributed by atoms with E-state index in [-0.39, 0.29) is 0 Å². The van der Waals surface area contributed by atoms with Crippen molar-refractivity contribution < 1.29 is 5.11 Å². The molecule has 4 heteroatoms. The van der Waals surface area contributed by atoms with Gasteiger partial charge in [-0.15, -0.1) is 11.3 Å². The van der Waals surface area contributed by atoms with E-state index in [4.69, 9.17) is 0 Å². The second kappa shape index (κ2) is 4.16. The quantitative estimate of drug-likeness (QED) is 0.865. The van der Waals surface area contributed by atoms with Crippen LogP contribution >= 0.6 is 11.3 Å². The first-order valence-electron chi connectivity index (χ1n) is 4.97. The molecule has 0 amide bonds. The summed E-state index contributed by atoms with van der Waals surface area (Å²) < 4.78 is 1.82. The molecule has 2 aromatic rings. The lowest BCUT2D eigenvalue weighted by molar-refractivity contribution is 0.224. The molecule has 3 nitrogen and oxygen atoms in total. The second-order valence-corrected chi connectivity index (χ2v) is 4.80. The molecule has 0 aliphatic rings. The topological polar surface area (TPSA) is 38.0 Å². The van der Waals surface area contributed by atoms with Crippen LogP contribution in [0, 0.1) is 6.92 Å². The number of rotatable bonds is 3. The zero-order valence-electron chi connectivity index (χ0n) is 8.84. The third-order valence-electron chi connectivity index (χ3n) is 2.32. The monoisotopic (exact) mass is 222 g/mol. The van der Waals surface area contributed by atoms with Gasteiger partial charge >= 0.3 is 0 Å². The van der Waals surface area contributed by atoms with Gasteiger partial charge in [0, 0.05) is 28.1 Å². The molecule has 0 saturated carbocycles. The van der Waals surface area contributed by atoms with Crippen molar-refractivity contribution in [2.45, 2.75) is 26.5 Å². The van der Waals surface area contributed by atoms with Crippen molar-refractivity contribution in [3.8, 4) is 0 Å². The zero-order chi connectivity index (χ0) is 10.8. The minimum absolute atomic E-state index is 0.538. The van der Waals surface area contributed by atoms with Crippen LogP contribution in [-0.2, 0) is 6.54 Å². The lowest BCUT2D eigenvalue weighted by Crippen LogP contribution is -1.96. The maximum absolute atomic E-state index is 10.1. The van der Waals surface area contributed by atoms with Gasteiger partial charge in [-0.05, 0) is 26.0 Å². The van der Waals surface area contributed by atoms with Crippen molar-refractivity contribution >= 4 is 11.3 Å². The molecule has 0 fully saturated rings. The normalized spacial score (nSPS) is 13.0. The highest BCUT2D eigenvalue weighted by molar-refractivity contribution is 7.12. The van der Waals surface area contributed by atoms with Gasteiger partial charge in [-0.3, -0.25) is 4.68 Å². The molecular formula is C11H14N2OS. The van der Waals surface area contributed by atoms with Gasteiger partial charge in [-0.25, -0.2) is 0 Å². The van der Waals surface area contributed by atoms with Gasteiger partial charge in [-0.2, -0.15) is 5.10 Å². The van der Waals surface area contributed by atoms with E-state index in [1.807, 2.05) is 36.9 Å². The number of aliphatic hydroxyl groups excluding tert-OH is 1. The third kappa shape index (κ3) is 2.11. The number of nitrogens with zero attached hydrogens (tertiary/aromatic N) is 2. The van der Waals surface area contributed by atoms with Crippen LogP contribution in [-0.4, -0.2) is 14.9 Å². The Kier molecular flexibility index (Phi) is 2.88. The summed E-state index contributed by atoms with van der Waals surface area (Å²) in [7, 11) is 0. The predicted molar refractivity (Wildman–Crippen MR) is 61.0 cm³/mol. The fourth-order valence-electron chi connectivity index (χ4n) is 1.46. The Morgan fingerprint density at radius 1 is 1.53 bits per heavy atom. The number of aryl methyl sites for hydroxylation is 2. The van der Waals surface area contributed by atoms with E-state index in [1.54, 1.807) is 17.5 Å². The second-order valence-electron chi connectivity index (χ2n) is 3.48. The first kappa shape index (κ1) is 10.4. The molecule has 0 spiro atoms. The zero-order valence-corrected chi connectivity index (χ0v) is 9.66. The van der Waals surface area contributed by atoms with E-state index in [2.05, 4.69) is 5.10 Å². The summed E-state index contributed by atoms with van der Waals surface area (Å²) in [6.45, 7) is 4.89. The van der Waals surface area contributed by atoms with Crippen LogP contribution in [0.15, 0.2) is 24.5 Å². The number of aromatic nitrogens is 2. The Bertz CT molecular complexity index is 447. The fourth-order valence-corrected chi connectivity index (χ4v) is 2.35. The summed E-state index contributed by atoms with van der Waals surface area (Å²) in [6, 6.07) is 3.99. The summed E-state index contributed by atoms with van der Waals surface area (Å²) >= 11 is 1.62. The third-order valence-corrected chi connectivity index (χ3v) is 3.38. The predicted octanol–water partition coefficient (Wildman–Crippen LogP) is 2.35. The van der Waals surface area contributed by atoms with E-state index in [0.717, 1.165) is 17.0 Å². The maximum atomic E-state index is 10.1. The van der Waals surface area contributed by atoms with E-state index >= 15 is 0 Å². The standard InChI is InChI=1S/C11H14N2OS/c1-3-13-7-9(6-12-13)11(14)10-5-4-8(2)15-10/h4-7,11,14H,3H2,1-2H3. The molecule has 0 saturated heterocycles. The summed E-state index contributed by atoms with van der Waals surface area (Å²) in [6.07, 6.45) is 3.08. The van der Waals surface area contributed by atoms with E-state index in [0.29, 0.717) is 0 Å². The summed E-state index contributed by atoms with van der Waals surface area (Å²) in [5, 5.41) is 14.2. The smallest absolute Gasteiger partial charge is 0.116 e. The van der Waals surface area contributed by atoms with E-state index in [1.165, 1.54) is 4.88 Å². The Morgan fingerprint density at radius 3 is 2.87 bits per heavy atom. The average Bonchev–Trinajstić information content (AvgIpc) is 2.84. The highest BCUT2D eigenvalue weighted by Gasteiger charge is 2.13. The molecule has 1 unspecified atom stereocenters. The van der Waals surface area contributed by atoms with Crippen LogP contribution < -0.4 is 0 Å². The Morgan fingerprint density at radius 2 is 2.33 bits per heavy atom. The highest BCUT2D eigenvalue weighted by atomic mass is 32.1. The molecule has 2 aromatic heterocycles. The molecule has 2 heterocycles. The molecule has 0 aliphatic carbocycles. The Balaban J connectivity index is 2.23. The molecule has 15 heavy (non-hydrogen) atoms. The lowest BCUT2D eigenvalue weighted by Gasteiger charge is -2.04. The molecule has 0 aromatic carbocycles. The molecule has 1 atom stereocenters. The van der Waals surface area contributed by atoms with Crippen molar-refractivity contribution in [3.05, 3.63) is 39.8 Å². The van der Waals surface area contributed by atoms with Crippen molar-refractivity contribution in [3.63, 3.8) is 0 Å². The number of hydrogen-bond acceptors (Lipinski definition) is 3. The number of aliphatic hydroxyl groups is 1. The molecular weight excluding hydrogens is 208 g/mol. The van der Waals surface area contributed by atoms with Gasteiger partial charge < -0.3 is 5.11 Å². The Labute approximate surface area is 93.0 Å². The minimum Gasteiger partial charge on any atom is -0.383 e. The minimum atomic E-state index is -0.538. The average molecular weight is 222 g/mol. The number of hydrogen-bond donors (Lipinski definition) is 1. The summed E-state index contributed by atoms with van der Waals surface area (Å²) in [5.74, 6) is 0. The lowest BCUT2D eigenvalue weighted by atomic mass is 10.2. The van der Waals surface area contributed by atoms with Gasteiger partial charge in [0.15, 0.2) is 0 Å². The van der Waals surface area contributed by atoms with E-state index in [9.17, 15) is 5.11 Å². The van der Waals surface area contributed by atoms with Crippen LogP contribution in [0.25, 0.3) is 0 Å². The van der Waals surface area contributed by atoms with Crippen molar-refractivity contribution in [2.75, 3.05) is 0 Å². The van der Waals surface area contributed by atoms with Crippen LogP contribution in [0.5, 0.6) is 0 Å². The van der Waals surface area contributed by atoms with Crippen LogP contribution in [0.4, 0.5) is 0 Å².